The number of carbonyl (C=O) groups is 2. The molecule has 7 heteroatoms. The molecule has 0 aliphatic carbocycles. The molecule has 1 atom stereocenters. The van der Waals surface area contributed by atoms with Gasteiger partial charge in [-0.2, -0.15) is 0 Å². The van der Waals surface area contributed by atoms with Crippen molar-refractivity contribution in [2.75, 3.05) is 23.6 Å². The molecule has 6 nitrogen and oxygen atoms in total. The summed E-state index contributed by atoms with van der Waals surface area (Å²) >= 11 is 3.46. The number of amides is 2. The molecular formula is C19H17BrN2O4. The van der Waals surface area contributed by atoms with Gasteiger partial charge in [0.1, 0.15) is 0 Å². The van der Waals surface area contributed by atoms with E-state index in [-0.39, 0.29) is 25.0 Å². The highest BCUT2D eigenvalue weighted by atomic mass is 79.9. The van der Waals surface area contributed by atoms with Crippen LogP contribution >= 0.6 is 15.9 Å². The van der Waals surface area contributed by atoms with Gasteiger partial charge in [-0.3, -0.25) is 9.59 Å². The van der Waals surface area contributed by atoms with Crippen LogP contribution in [-0.2, 0) is 9.59 Å². The van der Waals surface area contributed by atoms with E-state index in [0.29, 0.717) is 29.4 Å². The van der Waals surface area contributed by atoms with Gasteiger partial charge in [-0.25, -0.2) is 0 Å². The van der Waals surface area contributed by atoms with Gasteiger partial charge in [0.2, 0.25) is 18.6 Å². The minimum absolute atomic E-state index is 0.0769. The van der Waals surface area contributed by atoms with Gasteiger partial charge in [-0.15, -0.1) is 0 Å². The molecule has 0 unspecified atom stereocenters. The molecule has 2 aromatic carbocycles. The molecule has 0 spiro atoms. The summed E-state index contributed by atoms with van der Waals surface area (Å²) < 4.78 is 11.5. The largest absolute Gasteiger partial charge is 0.454 e. The molecule has 134 valence electrons. The first-order valence-electron chi connectivity index (χ1n) is 8.28. The number of halogens is 1. The molecule has 0 saturated carbocycles. The summed E-state index contributed by atoms with van der Waals surface area (Å²) in [5, 5.41) is 2.90. The minimum Gasteiger partial charge on any atom is -0.454 e. The molecule has 2 heterocycles. The van der Waals surface area contributed by atoms with Crippen LogP contribution in [0.3, 0.4) is 0 Å². The fourth-order valence-corrected chi connectivity index (χ4v) is 3.73. The second-order valence-electron chi connectivity index (χ2n) is 6.42. The van der Waals surface area contributed by atoms with Crippen LogP contribution in [0.4, 0.5) is 11.4 Å². The Morgan fingerprint density at radius 3 is 2.81 bits per heavy atom. The van der Waals surface area contributed by atoms with Crippen molar-refractivity contribution in [3.05, 3.63) is 46.4 Å². The summed E-state index contributed by atoms with van der Waals surface area (Å²) in [4.78, 5) is 26.6. The Kier molecular flexibility index (Phi) is 4.32. The summed E-state index contributed by atoms with van der Waals surface area (Å²) in [5.41, 5.74) is 2.51. The van der Waals surface area contributed by atoms with Crippen molar-refractivity contribution in [1.82, 2.24) is 0 Å². The Morgan fingerprint density at radius 1 is 1.19 bits per heavy atom. The van der Waals surface area contributed by atoms with Crippen LogP contribution in [0.5, 0.6) is 11.5 Å². The molecule has 2 aromatic rings. The molecule has 2 aliphatic heterocycles. The first-order valence-corrected chi connectivity index (χ1v) is 9.07. The van der Waals surface area contributed by atoms with E-state index in [1.54, 1.807) is 17.0 Å². The highest BCUT2D eigenvalue weighted by molar-refractivity contribution is 9.10. The van der Waals surface area contributed by atoms with E-state index >= 15 is 0 Å². The average molecular weight is 417 g/mol. The van der Waals surface area contributed by atoms with E-state index in [9.17, 15) is 9.59 Å². The number of anilines is 2. The van der Waals surface area contributed by atoms with Crippen molar-refractivity contribution in [3.63, 3.8) is 0 Å². The molecule has 4 rings (SSSR count). The van der Waals surface area contributed by atoms with Crippen LogP contribution in [0.1, 0.15) is 12.0 Å². The summed E-state index contributed by atoms with van der Waals surface area (Å²) in [6.45, 7) is 2.51. The SMILES string of the molecule is Cc1ccc(NC(=O)[C@@H]2CC(=O)N(c3ccc4c(c3)OCO4)C2)c(Br)c1. The monoisotopic (exact) mass is 416 g/mol. The predicted molar refractivity (Wildman–Crippen MR) is 101 cm³/mol. The van der Waals surface area contributed by atoms with Gasteiger partial charge < -0.3 is 19.7 Å². The van der Waals surface area contributed by atoms with E-state index in [1.165, 1.54) is 0 Å². The average Bonchev–Trinajstić information content (AvgIpc) is 3.23. The number of benzene rings is 2. The van der Waals surface area contributed by atoms with E-state index in [0.717, 1.165) is 10.0 Å². The Balaban J connectivity index is 1.48. The Labute approximate surface area is 159 Å². The van der Waals surface area contributed by atoms with Crippen LogP contribution in [0, 0.1) is 12.8 Å². The smallest absolute Gasteiger partial charge is 0.231 e. The van der Waals surface area contributed by atoms with Gasteiger partial charge in [0.05, 0.1) is 11.6 Å². The molecular weight excluding hydrogens is 400 g/mol. The number of fused-ring (bicyclic) bond motifs is 1. The lowest BCUT2D eigenvalue weighted by Gasteiger charge is -2.17. The number of nitrogens with zero attached hydrogens (tertiary/aromatic N) is 1. The first-order chi connectivity index (χ1) is 12.5. The van der Waals surface area contributed by atoms with Crippen LogP contribution in [0.2, 0.25) is 0 Å². The third-order valence-electron chi connectivity index (χ3n) is 4.55. The van der Waals surface area contributed by atoms with E-state index < -0.39 is 5.92 Å². The molecule has 26 heavy (non-hydrogen) atoms. The van der Waals surface area contributed by atoms with E-state index in [1.807, 2.05) is 31.2 Å². The van der Waals surface area contributed by atoms with Crippen molar-refractivity contribution >= 4 is 39.1 Å². The molecule has 0 bridgehead atoms. The van der Waals surface area contributed by atoms with Gasteiger partial charge in [-0.05, 0) is 52.7 Å². The van der Waals surface area contributed by atoms with Crippen LogP contribution in [0.25, 0.3) is 0 Å². The molecule has 2 aliphatic rings. The number of nitrogens with one attached hydrogen (secondary N) is 1. The van der Waals surface area contributed by atoms with Crippen LogP contribution < -0.4 is 19.7 Å². The van der Waals surface area contributed by atoms with Gasteiger partial charge in [0.15, 0.2) is 11.5 Å². The van der Waals surface area contributed by atoms with E-state index in [2.05, 4.69) is 21.2 Å². The molecule has 0 aromatic heterocycles. The molecule has 1 saturated heterocycles. The van der Waals surface area contributed by atoms with Gasteiger partial charge in [0.25, 0.3) is 0 Å². The fourth-order valence-electron chi connectivity index (χ4n) is 3.14. The predicted octanol–water partition coefficient (Wildman–Crippen LogP) is 3.48. The number of aryl methyl sites for hydroxylation is 1. The minimum atomic E-state index is -0.402. The quantitative estimate of drug-likeness (QED) is 0.831. The Bertz CT molecular complexity index is 899. The third-order valence-corrected chi connectivity index (χ3v) is 5.20. The number of hydrogen-bond donors (Lipinski definition) is 1. The Hall–Kier alpha value is -2.54. The number of ether oxygens (including phenoxy) is 2. The zero-order valence-electron chi connectivity index (χ0n) is 14.1. The number of hydrogen-bond acceptors (Lipinski definition) is 4. The molecule has 2 amide bonds. The van der Waals surface area contributed by atoms with Crippen molar-refractivity contribution in [2.45, 2.75) is 13.3 Å². The Morgan fingerprint density at radius 2 is 2.00 bits per heavy atom. The standard InChI is InChI=1S/C19H17BrN2O4/c1-11-2-4-15(14(20)6-11)21-19(24)12-7-18(23)22(9-12)13-3-5-16-17(8-13)26-10-25-16/h2-6,8,12H,7,9-10H2,1H3,(H,21,24)/t12-/m1/s1. The van der Waals surface area contributed by atoms with Crippen LogP contribution in [-0.4, -0.2) is 25.2 Å². The second-order valence-corrected chi connectivity index (χ2v) is 7.27. The summed E-state index contributed by atoms with van der Waals surface area (Å²) in [6.07, 6.45) is 0.184. The zero-order valence-corrected chi connectivity index (χ0v) is 15.7. The lowest BCUT2D eigenvalue weighted by molar-refractivity contribution is -0.122. The van der Waals surface area contributed by atoms with Crippen LogP contribution in [0.15, 0.2) is 40.9 Å². The number of carbonyl (C=O) groups excluding carboxylic acids is 2. The zero-order chi connectivity index (χ0) is 18.3. The maximum atomic E-state index is 12.6. The summed E-state index contributed by atoms with van der Waals surface area (Å²) in [5.74, 6) is 0.643. The van der Waals surface area contributed by atoms with Crippen molar-refractivity contribution < 1.29 is 19.1 Å². The maximum absolute atomic E-state index is 12.6. The molecule has 0 radical (unpaired) electrons. The highest BCUT2D eigenvalue weighted by Gasteiger charge is 2.35. The molecule has 1 N–H and O–H groups in total. The van der Waals surface area contributed by atoms with Gasteiger partial charge >= 0.3 is 0 Å². The highest BCUT2D eigenvalue weighted by Crippen LogP contribution is 2.37. The van der Waals surface area contributed by atoms with Gasteiger partial charge in [0, 0.05) is 29.2 Å². The van der Waals surface area contributed by atoms with Crippen molar-refractivity contribution in [2.24, 2.45) is 5.92 Å². The second kappa shape index (κ2) is 6.64. The van der Waals surface area contributed by atoms with Crippen molar-refractivity contribution in [3.8, 4) is 11.5 Å². The summed E-state index contributed by atoms with van der Waals surface area (Å²) in [7, 11) is 0. The van der Waals surface area contributed by atoms with Crippen molar-refractivity contribution in [1.29, 1.82) is 0 Å². The normalized spacial score (nSPS) is 18.3. The van der Waals surface area contributed by atoms with E-state index in [4.69, 9.17) is 9.47 Å². The lowest BCUT2D eigenvalue weighted by Crippen LogP contribution is -2.28. The van der Waals surface area contributed by atoms with Gasteiger partial charge in [-0.1, -0.05) is 6.07 Å². The third kappa shape index (κ3) is 3.14. The first kappa shape index (κ1) is 16.9. The topological polar surface area (TPSA) is 67.9 Å². The maximum Gasteiger partial charge on any atom is 0.231 e. The molecule has 1 fully saturated rings. The number of rotatable bonds is 3. The fraction of sp³-hybridized carbons (Fsp3) is 0.263. The lowest BCUT2D eigenvalue weighted by atomic mass is 10.1. The summed E-state index contributed by atoms with van der Waals surface area (Å²) in [6, 6.07) is 11.1.